The number of hydrogen-bond acceptors (Lipinski definition) is 4. The summed E-state index contributed by atoms with van der Waals surface area (Å²) >= 11 is 0. The molecular formula is C16H25N5. The van der Waals surface area contributed by atoms with E-state index < -0.39 is 0 Å². The van der Waals surface area contributed by atoms with Crippen molar-refractivity contribution in [2.45, 2.75) is 39.2 Å². The van der Waals surface area contributed by atoms with Gasteiger partial charge in [0.15, 0.2) is 0 Å². The quantitative estimate of drug-likeness (QED) is 0.888. The average molecular weight is 287 g/mol. The molecular weight excluding hydrogens is 262 g/mol. The van der Waals surface area contributed by atoms with Crippen LogP contribution in [0.3, 0.4) is 0 Å². The number of anilines is 1. The van der Waals surface area contributed by atoms with Crippen LogP contribution in [0, 0.1) is 5.92 Å². The van der Waals surface area contributed by atoms with Gasteiger partial charge in [0.1, 0.15) is 17.8 Å². The molecule has 3 rings (SSSR count). The number of hydrogen-bond donors (Lipinski definition) is 2. The third kappa shape index (κ3) is 3.35. The molecule has 114 valence electrons. The highest BCUT2D eigenvalue weighted by molar-refractivity contribution is 5.86. The maximum atomic E-state index is 4.43. The van der Waals surface area contributed by atoms with Crippen LogP contribution in [0.2, 0.25) is 0 Å². The second-order valence-corrected chi connectivity index (χ2v) is 6.32. The van der Waals surface area contributed by atoms with E-state index in [0.717, 1.165) is 23.4 Å². The van der Waals surface area contributed by atoms with Crippen LogP contribution in [0.25, 0.3) is 11.0 Å². The fourth-order valence-corrected chi connectivity index (χ4v) is 3.01. The van der Waals surface area contributed by atoms with Gasteiger partial charge in [-0.05, 0) is 37.9 Å². The lowest BCUT2D eigenvalue weighted by atomic mass is 10.0. The van der Waals surface area contributed by atoms with Crippen LogP contribution in [0.1, 0.15) is 33.1 Å². The van der Waals surface area contributed by atoms with Crippen LogP contribution in [0.15, 0.2) is 18.6 Å². The Morgan fingerprint density at radius 3 is 2.81 bits per heavy atom. The minimum Gasteiger partial charge on any atom is -0.365 e. The number of nitrogens with zero attached hydrogens (tertiary/aromatic N) is 3. The Labute approximate surface area is 126 Å². The molecule has 1 aliphatic rings. The lowest BCUT2D eigenvalue weighted by molar-refractivity contribution is 0.208. The first-order valence-electron chi connectivity index (χ1n) is 8.01. The summed E-state index contributed by atoms with van der Waals surface area (Å²) in [5, 5.41) is 4.71. The molecule has 1 saturated heterocycles. The van der Waals surface area contributed by atoms with Gasteiger partial charge in [0.05, 0.1) is 5.39 Å². The molecule has 21 heavy (non-hydrogen) atoms. The van der Waals surface area contributed by atoms with Crippen molar-refractivity contribution in [2.75, 3.05) is 25.0 Å². The second-order valence-electron chi connectivity index (χ2n) is 6.32. The Morgan fingerprint density at radius 2 is 2.05 bits per heavy atom. The van der Waals surface area contributed by atoms with Crippen LogP contribution in [0.5, 0.6) is 0 Å². The normalized spacial score (nSPS) is 18.2. The largest absolute Gasteiger partial charge is 0.365 e. The predicted octanol–water partition coefficient (Wildman–Crippen LogP) is 2.88. The van der Waals surface area contributed by atoms with E-state index >= 15 is 0 Å². The average Bonchev–Trinajstić information content (AvgIpc) is 2.97. The number of H-pyrrole nitrogens is 1. The molecule has 0 aliphatic carbocycles. The van der Waals surface area contributed by atoms with E-state index in [2.05, 4.69) is 39.0 Å². The first kappa shape index (κ1) is 14.3. The van der Waals surface area contributed by atoms with Gasteiger partial charge >= 0.3 is 0 Å². The third-order valence-corrected chi connectivity index (χ3v) is 4.38. The number of nitrogens with one attached hydrogen (secondary N) is 2. The van der Waals surface area contributed by atoms with Crippen molar-refractivity contribution < 1.29 is 0 Å². The first-order chi connectivity index (χ1) is 10.2. The van der Waals surface area contributed by atoms with E-state index in [1.165, 1.54) is 32.4 Å². The minimum absolute atomic E-state index is 0.413. The van der Waals surface area contributed by atoms with Crippen molar-refractivity contribution >= 4 is 16.9 Å². The molecule has 2 N–H and O–H groups in total. The van der Waals surface area contributed by atoms with Crippen LogP contribution >= 0.6 is 0 Å². The summed E-state index contributed by atoms with van der Waals surface area (Å²) in [5.74, 6) is 1.51. The maximum absolute atomic E-state index is 4.43. The monoisotopic (exact) mass is 287 g/mol. The van der Waals surface area contributed by atoms with Gasteiger partial charge in [-0.15, -0.1) is 0 Å². The Kier molecular flexibility index (Phi) is 4.39. The lowest BCUT2D eigenvalue weighted by Gasteiger charge is -2.33. The van der Waals surface area contributed by atoms with Gasteiger partial charge in [0, 0.05) is 18.8 Å². The molecule has 5 heteroatoms. The highest BCUT2D eigenvalue weighted by Crippen LogP contribution is 2.21. The summed E-state index contributed by atoms with van der Waals surface area (Å²) in [5.41, 5.74) is 0.896. The number of aromatic amines is 1. The minimum atomic E-state index is 0.413. The molecule has 0 saturated carbocycles. The number of fused-ring (bicyclic) bond motifs is 1. The van der Waals surface area contributed by atoms with Gasteiger partial charge in [-0.2, -0.15) is 0 Å². The maximum Gasteiger partial charge on any atom is 0.142 e. The summed E-state index contributed by atoms with van der Waals surface area (Å²) in [6, 6.07) is 2.45. The Morgan fingerprint density at radius 1 is 1.24 bits per heavy atom. The van der Waals surface area contributed by atoms with Crippen LogP contribution in [-0.4, -0.2) is 45.5 Å². The summed E-state index contributed by atoms with van der Waals surface area (Å²) in [6.45, 7) is 8.10. The van der Waals surface area contributed by atoms with Crippen molar-refractivity contribution in [3.05, 3.63) is 18.6 Å². The standard InChI is InChI=1S/C16H25N5/c1-12(2)14(10-21-8-4-3-5-9-21)20-16-13-6-7-17-15(13)18-11-19-16/h6-7,11-12,14H,3-5,8-10H2,1-2H3,(H2,17,18,19,20)/t14-/m1/s1. The van der Waals surface area contributed by atoms with Crippen molar-refractivity contribution in [1.82, 2.24) is 19.9 Å². The van der Waals surface area contributed by atoms with E-state index in [1.807, 2.05) is 12.3 Å². The first-order valence-corrected chi connectivity index (χ1v) is 8.01. The summed E-state index contributed by atoms with van der Waals surface area (Å²) in [6.07, 6.45) is 7.59. The van der Waals surface area contributed by atoms with Crippen molar-refractivity contribution in [3.8, 4) is 0 Å². The number of likely N-dealkylation sites (tertiary alicyclic amines) is 1. The molecule has 1 atom stereocenters. The molecule has 0 unspecified atom stereocenters. The molecule has 0 bridgehead atoms. The van der Waals surface area contributed by atoms with E-state index in [0.29, 0.717) is 12.0 Å². The Bertz CT molecular complexity index is 571. The fraction of sp³-hybridized carbons (Fsp3) is 0.625. The second kappa shape index (κ2) is 6.43. The van der Waals surface area contributed by atoms with E-state index in [9.17, 15) is 0 Å². The van der Waals surface area contributed by atoms with Gasteiger partial charge in [-0.1, -0.05) is 20.3 Å². The van der Waals surface area contributed by atoms with Gasteiger partial charge in [-0.3, -0.25) is 0 Å². The topological polar surface area (TPSA) is 56.8 Å². The highest BCUT2D eigenvalue weighted by atomic mass is 15.2. The van der Waals surface area contributed by atoms with Gasteiger partial charge < -0.3 is 15.2 Å². The molecule has 0 aromatic carbocycles. The lowest BCUT2D eigenvalue weighted by Crippen LogP contribution is -2.42. The van der Waals surface area contributed by atoms with E-state index in [-0.39, 0.29) is 0 Å². The number of rotatable bonds is 5. The molecule has 1 aliphatic heterocycles. The summed E-state index contributed by atoms with van der Waals surface area (Å²) < 4.78 is 0. The van der Waals surface area contributed by atoms with Gasteiger partial charge in [0.2, 0.25) is 0 Å². The molecule has 0 radical (unpaired) electrons. The van der Waals surface area contributed by atoms with E-state index in [4.69, 9.17) is 0 Å². The predicted molar refractivity (Wildman–Crippen MR) is 86.4 cm³/mol. The summed E-state index contributed by atoms with van der Waals surface area (Å²) in [4.78, 5) is 14.4. The zero-order valence-electron chi connectivity index (χ0n) is 13.0. The zero-order chi connectivity index (χ0) is 14.7. The van der Waals surface area contributed by atoms with Gasteiger partial charge in [0.25, 0.3) is 0 Å². The van der Waals surface area contributed by atoms with Crippen molar-refractivity contribution in [2.24, 2.45) is 5.92 Å². The smallest absolute Gasteiger partial charge is 0.142 e. The van der Waals surface area contributed by atoms with E-state index in [1.54, 1.807) is 6.33 Å². The molecule has 0 amide bonds. The molecule has 3 heterocycles. The molecule has 1 fully saturated rings. The molecule has 0 spiro atoms. The Balaban J connectivity index is 1.73. The van der Waals surface area contributed by atoms with Crippen molar-refractivity contribution in [1.29, 1.82) is 0 Å². The van der Waals surface area contributed by atoms with Crippen molar-refractivity contribution in [3.63, 3.8) is 0 Å². The highest BCUT2D eigenvalue weighted by Gasteiger charge is 2.20. The number of piperidine rings is 1. The number of aromatic nitrogens is 3. The molecule has 5 nitrogen and oxygen atoms in total. The van der Waals surface area contributed by atoms with Crippen LogP contribution in [-0.2, 0) is 0 Å². The Hall–Kier alpha value is -1.62. The third-order valence-electron chi connectivity index (χ3n) is 4.38. The van der Waals surface area contributed by atoms with Crippen LogP contribution in [0.4, 0.5) is 5.82 Å². The fourth-order valence-electron chi connectivity index (χ4n) is 3.01. The zero-order valence-corrected chi connectivity index (χ0v) is 13.0. The molecule has 2 aromatic heterocycles. The SMILES string of the molecule is CC(C)[C@@H](CN1CCCCC1)Nc1ncnc2[nH]ccc12. The summed E-state index contributed by atoms with van der Waals surface area (Å²) in [7, 11) is 0. The van der Waals surface area contributed by atoms with Gasteiger partial charge in [-0.25, -0.2) is 9.97 Å². The molecule has 2 aromatic rings. The van der Waals surface area contributed by atoms with Crippen LogP contribution < -0.4 is 5.32 Å².